The first-order chi connectivity index (χ1) is 10.2. The highest BCUT2D eigenvalue weighted by molar-refractivity contribution is 5.76. The molecular weight excluding hydrogens is 284 g/mol. The summed E-state index contributed by atoms with van der Waals surface area (Å²) in [5, 5.41) is 3.82. The normalized spacial score (nSPS) is 10.6. The summed E-state index contributed by atoms with van der Waals surface area (Å²) in [6, 6.07) is 0. The summed E-state index contributed by atoms with van der Waals surface area (Å²) >= 11 is 0. The molecule has 1 aromatic heterocycles. The van der Waals surface area contributed by atoms with Gasteiger partial charge in [-0.3, -0.25) is 0 Å². The SMILES string of the molecule is C=C=CC(=C)c1c(OC)noc1CN(C)C(=O)OC(C)(C)C. The summed E-state index contributed by atoms with van der Waals surface area (Å²) in [6.07, 6.45) is 1.13. The van der Waals surface area contributed by atoms with Crippen LogP contribution in [0.15, 0.2) is 29.5 Å². The minimum atomic E-state index is -0.567. The van der Waals surface area contributed by atoms with Crippen molar-refractivity contribution in [3.63, 3.8) is 0 Å². The third-order valence-electron chi connectivity index (χ3n) is 2.61. The molecule has 0 aromatic carbocycles. The van der Waals surface area contributed by atoms with E-state index in [-0.39, 0.29) is 6.54 Å². The van der Waals surface area contributed by atoms with Crippen LogP contribution in [-0.2, 0) is 11.3 Å². The number of ether oxygens (including phenoxy) is 2. The minimum absolute atomic E-state index is 0.171. The van der Waals surface area contributed by atoms with Crippen LogP contribution in [0.2, 0.25) is 0 Å². The van der Waals surface area contributed by atoms with Crippen molar-refractivity contribution >= 4 is 11.7 Å². The molecule has 1 rings (SSSR count). The Morgan fingerprint density at radius 2 is 2.14 bits per heavy atom. The van der Waals surface area contributed by atoms with Gasteiger partial charge < -0.3 is 18.9 Å². The van der Waals surface area contributed by atoms with Crippen LogP contribution in [0.1, 0.15) is 32.1 Å². The van der Waals surface area contributed by atoms with Crippen molar-refractivity contribution in [1.29, 1.82) is 0 Å². The topological polar surface area (TPSA) is 64.8 Å². The molecule has 6 nitrogen and oxygen atoms in total. The molecular formula is C16H22N2O4. The molecule has 0 saturated heterocycles. The Bertz CT molecular complexity index is 604. The number of aromatic nitrogens is 1. The maximum atomic E-state index is 12.0. The molecule has 120 valence electrons. The zero-order valence-corrected chi connectivity index (χ0v) is 13.7. The number of carbonyl (C=O) groups excluding carboxylic acids is 1. The third-order valence-corrected chi connectivity index (χ3v) is 2.61. The number of nitrogens with zero attached hydrogens (tertiary/aromatic N) is 2. The second-order valence-corrected chi connectivity index (χ2v) is 5.70. The van der Waals surface area contributed by atoms with Crippen LogP contribution >= 0.6 is 0 Å². The Hall–Kier alpha value is -2.46. The standard InChI is InChI=1S/C16H22N2O4/c1-8-9-11(2)13-12(22-17-14(13)20-7)10-18(6)15(19)21-16(3,4)5/h9H,1-2,10H2,3-7H3. The van der Waals surface area contributed by atoms with Gasteiger partial charge in [-0.2, -0.15) is 0 Å². The lowest BCUT2D eigenvalue weighted by molar-refractivity contribution is 0.0271. The van der Waals surface area contributed by atoms with Crippen molar-refractivity contribution in [2.45, 2.75) is 32.9 Å². The Labute approximate surface area is 130 Å². The lowest BCUT2D eigenvalue weighted by Crippen LogP contribution is -2.33. The predicted molar refractivity (Wildman–Crippen MR) is 83.5 cm³/mol. The molecule has 0 aliphatic heterocycles. The summed E-state index contributed by atoms with van der Waals surface area (Å²) < 4.78 is 15.7. The van der Waals surface area contributed by atoms with Crippen molar-refractivity contribution in [3.05, 3.63) is 36.3 Å². The minimum Gasteiger partial charge on any atom is -0.478 e. The molecule has 0 aliphatic rings. The Morgan fingerprint density at radius 3 is 2.64 bits per heavy atom. The summed E-state index contributed by atoms with van der Waals surface area (Å²) in [6.45, 7) is 13.0. The van der Waals surface area contributed by atoms with E-state index in [0.29, 0.717) is 22.8 Å². The summed E-state index contributed by atoms with van der Waals surface area (Å²) in [4.78, 5) is 13.4. The Morgan fingerprint density at radius 1 is 1.50 bits per heavy atom. The lowest BCUT2D eigenvalue weighted by Gasteiger charge is -2.24. The highest BCUT2D eigenvalue weighted by Gasteiger charge is 2.24. The quantitative estimate of drug-likeness (QED) is 0.616. The largest absolute Gasteiger partial charge is 0.478 e. The molecule has 0 bridgehead atoms. The molecule has 1 heterocycles. The van der Waals surface area contributed by atoms with Crippen LogP contribution in [0.5, 0.6) is 5.88 Å². The number of amides is 1. The van der Waals surface area contributed by atoms with Gasteiger partial charge in [0, 0.05) is 7.05 Å². The summed E-state index contributed by atoms with van der Waals surface area (Å²) in [7, 11) is 3.09. The fraction of sp³-hybridized carbons (Fsp3) is 0.438. The average Bonchev–Trinajstić information content (AvgIpc) is 2.79. The van der Waals surface area contributed by atoms with E-state index in [9.17, 15) is 4.79 Å². The van der Waals surface area contributed by atoms with Crippen LogP contribution in [0.4, 0.5) is 4.79 Å². The number of rotatable bonds is 5. The zero-order chi connectivity index (χ0) is 16.9. The highest BCUT2D eigenvalue weighted by Crippen LogP contribution is 2.29. The smallest absolute Gasteiger partial charge is 0.410 e. The Balaban J connectivity index is 2.98. The lowest BCUT2D eigenvalue weighted by atomic mass is 10.1. The van der Waals surface area contributed by atoms with Crippen molar-refractivity contribution in [2.24, 2.45) is 0 Å². The first-order valence-corrected chi connectivity index (χ1v) is 6.71. The van der Waals surface area contributed by atoms with E-state index >= 15 is 0 Å². The van der Waals surface area contributed by atoms with Crippen LogP contribution in [0, 0.1) is 0 Å². The fourth-order valence-electron chi connectivity index (χ4n) is 1.69. The van der Waals surface area contributed by atoms with Gasteiger partial charge in [-0.1, -0.05) is 13.2 Å². The molecule has 0 aliphatic carbocycles. The Kier molecular flexibility index (Phi) is 5.60. The molecule has 1 aromatic rings. The molecule has 0 radical (unpaired) electrons. The van der Waals surface area contributed by atoms with Gasteiger partial charge in [0.25, 0.3) is 5.88 Å². The van der Waals surface area contributed by atoms with E-state index in [1.54, 1.807) is 33.9 Å². The van der Waals surface area contributed by atoms with E-state index in [1.165, 1.54) is 12.0 Å². The van der Waals surface area contributed by atoms with Crippen LogP contribution < -0.4 is 4.74 Å². The van der Waals surface area contributed by atoms with E-state index in [0.717, 1.165) is 0 Å². The summed E-state index contributed by atoms with van der Waals surface area (Å²) in [5.41, 5.74) is 3.23. The molecule has 1 amide bonds. The van der Waals surface area contributed by atoms with Gasteiger partial charge >= 0.3 is 6.09 Å². The first-order valence-electron chi connectivity index (χ1n) is 6.71. The second kappa shape index (κ2) is 7.00. The van der Waals surface area contributed by atoms with Crippen molar-refractivity contribution in [2.75, 3.05) is 14.2 Å². The second-order valence-electron chi connectivity index (χ2n) is 5.70. The molecule has 0 atom stereocenters. The molecule has 22 heavy (non-hydrogen) atoms. The van der Waals surface area contributed by atoms with Crippen molar-refractivity contribution < 1.29 is 18.8 Å². The van der Waals surface area contributed by atoms with Crippen LogP contribution in [0.3, 0.4) is 0 Å². The maximum Gasteiger partial charge on any atom is 0.410 e. The number of carbonyl (C=O) groups is 1. The van der Waals surface area contributed by atoms with Gasteiger partial charge in [0.1, 0.15) is 5.60 Å². The van der Waals surface area contributed by atoms with E-state index in [2.05, 4.69) is 24.0 Å². The van der Waals surface area contributed by atoms with E-state index < -0.39 is 11.7 Å². The first kappa shape index (κ1) is 17.6. The van der Waals surface area contributed by atoms with E-state index in [4.69, 9.17) is 14.0 Å². The number of allylic oxidation sites excluding steroid dienone is 2. The van der Waals surface area contributed by atoms with Crippen LogP contribution in [0.25, 0.3) is 5.57 Å². The van der Waals surface area contributed by atoms with Gasteiger partial charge in [-0.15, -0.1) is 5.73 Å². The fourth-order valence-corrected chi connectivity index (χ4v) is 1.69. The van der Waals surface area contributed by atoms with Crippen molar-refractivity contribution in [1.82, 2.24) is 10.1 Å². The van der Waals surface area contributed by atoms with Gasteiger partial charge in [0.05, 0.1) is 19.2 Å². The number of hydrogen-bond donors (Lipinski definition) is 0. The molecule has 0 unspecified atom stereocenters. The number of methoxy groups -OCH3 is 1. The van der Waals surface area contributed by atoms with Gasteiger partial charge in [-0.25, -0.2) is 4.79 Å². The predicted octanol–water partition coefficient (Wildman–Crippen LogP) is 3.40. The van der Waals surface area contributed by atoms with Gasteiger partial charge in [-0.05, 0) is 37.6 Å². The van der Waals surface area contributed by atoms with Gasteiger partial charge in [0.2, 0.25) is 0 Å². The molecule has 6 heteroatoms. The van der Waals surface area contributed by atoms with Gasteiger partial charge in [0.15, 0.2) is 5.76 Å². The molecule has 0 N–H and O–H groups in total. The summed E-state index contributed by atoms with van der Waals surface area (Å²) in [5.74, 6) is 0.741. The molecule has 0 saturated carbocycles. The number of hydrogen-bond acceptors (Lipinski definition) is 5. The monoisotopic (exact) mass is 306 g/mol. The van der Waals surface area contributed by atoms with E-state index in [1.807, 2.05) is 0 Å². The molecule has 0 spiro atoms. The average molecular weight is 306 g/mol. The highest BCUT2D eigenvalue weighted by atomic mass is 16.6. The van der Waals surface area contributed by atoms with Crippen LogP contribution in [-0.4, -0.2) is 35.9 Å². The zero-order valence-electron chi connectivity index (χ0n) is 13.7. The third kappa shape index (κ3) is 4.53. The van der Waals surface area contributed by atoms with Crippen molar-refractivity contribution in [3.8, 4) is 5.88 Å². The maximum absolute atomic E-state index is 12.0. The molecule has 0 fully saturated rings.